The number of aromatic nitrogens is 4. The van der Waals surface area contributed by atoms with Crippen molar-refractivity contribution in [2.75, 3.05) is 26.2 Å². The number of ketones is 1. The van der Waals surface area contributed by atoms with Crippen LogP contribution in [0, 0.1) is 0 Å². The van der Waals surface area contributed by atoms with Crippen molar-refractivity contribution in [1.29, 1.82) is 0 Å². The number of aromatic amines is 2. The largest absolute Gasteiger partial charge is 0.368 e. The fraction of sp³-hybridized carbons (Fsp3) is 0.303. The molecule has 0 aliphatic carbocycles. The Morgan fingerprint density at radius 3 is 2.29 bits per heavy atom. The lowest BCUT2D eigenvalue weighted by molar-refractivity contribution is 0.0972. The van der Waals surface area contributed by atoms with Crippen LogP contribution in [0.4, 0.5) is 4.39 Å². The van der Waals surface area contributed by atoms with Gasteiger partial charge in [0.05, 0.1) is 22.1 Å². The number of nitrogens with one attached hydrogen (secondary N) is 2. The van der Waals surface area contributed by atoms with Gasteiger partial charge >= 0.3 is 0 Å². The Kier molecular flexibility index (Phi) is 9.55. The van der Waals surface area contributed by atoms with Gasteiger partial charge in [-0.3, -0.25) is 4.79 Å². The first kappa shape index (κ1) is 29.5. The van der Waals surface area contributed by atoms with Crippen LogP contribution >= 0.6 is 0 Å². The zero-order valence-corrected chi connectivity index (χ0v) is 24.4. The molecule has 0 amide bonds. The molecule has 0 spiro atoms. The topological polar surface area (TPSA) is 80.9 Å². The summed E-state index contributed by atoms with van der Waals surface area (Å²) in [6.07, 6.45) is 4.02. The fourth-order valence-corrected chi connectivity index (χ4v) is 5.11. The number of carbonyl (C=O) groups is 1. The van der Waals surface area contributed by atoms with E-state index in [4.69, 9.17) is 0 Å². The predicted molar refractivity (Wildman–Crippen MR) is 165 cm³/mol. The number of piperazine rings is 1. The Morgan fingerprint density at radius 1 is 0.976 bits per heavy atom. The molecule has 0 unspecified atom stereocenters. The summed E-state index contributed by atoms with van der Waals surface area (Å²) >= 11 is 0. The number of fused-ring (bicyclic) bond motifs is 1. The number of rotatable bonds is 8. The van der Waals surface area contributed by atoms with Crippen molar-refractivity contribution in [2.24, 2.45) is 0 Å². The highest BCUT2D eigenvalue weighted by atomic mass is 19.1. The van der Waals surface area contributed by atoms with Gasteiger partial charge in [-0.25, -0.2) is 14.4 Å². The number of H-pyrrole nitrogens is 2. The lowest BCUT2D eigenvalue weighted by Crippen LogP contribution is -2.46. The van der Waals surface area contributed by atoms with E-state index in [0.717, 1.165) is 22.4 Å². The number of benzene rings is 1. The number of hydrogen-bond acceptors (Lipinski definition) is 5. The molecule has 5 rings (SSSR count). The maximum atomic E-state index is 15.4. The van der Waals surface area contributed by atoms with Crippen molar-refractivity contribution < 1.29 is 9.18 Å². The molecular formula is C33H39FN6O. The number of pyridine rings is 1. The second kappa shape index (κ2) is 13.3. The lowest BCUT2D eigenvalue weighted by Gasteiger charge is -2.38. The third-order valence-corrected chi connectivity index (χ3v) is 7.32. The minimum absolute atomic E-state index is 0.163. The molecule has 0 bridgehead atoms. The van der Waals surface area contributed by atoms with E-state index in [1.165, 1.54) is 0 Å². The predicted octanol–water partition coefficient (Wildman–Crippen LogP) is 5.39. The minimum Gasteiger partial charge on any atom is -0.368 e. The summed E-state index contributed by atoms with van der Waals surface area (Å²) in [6.45, 7) is 18.8. The van der Waals surface area contributed by atoms with Crippen molar-refractivity contribution in [2.45, 2.75) is 40.5 Å². The highest BCUT2D eigenvalue weighted by Crippen LogP contribution is 2.21. The summed E-state index contributed by atoms with van der Waals surface area (Å²) in [6, 6.07) is 13.8. The third kappa shape index (κ3) is 6.01. The molecule has 1 aliphatic heterocycles. The first-order valence-electron chi connectivity index (χ1n) is 14.3. The van der Waals surface area contributed by atoms with E-state index in [-0.39, 0.29) is 28.8 Å². The van der Waals surface area contributed by atoms with Crippen LogP contribution in [0.25, 0.3) is 28.3 Å². The van der Waals surface area contributed by atoms with E-state index >= 15 is 4.39 Å². The molecule has 1 saturated heterocycles. The van der Waals surface area contributed by atoms with E-state index in [2.05, 4.69) is 38.0 Å². The summed E-state index contributed by atoms with van der Waals surface area (Å²) in [5.41, 5.74) is 4.86. The molecule has 41 heavy (non-hydrogen) atoms. The normalized spacial score (nSPS) is 14.8. The van der Waals surface area contributed by atoms with Gasteiger partial charge < -0.3 is 19.8 Å². The second-order valence-electron chi connectivity index (χ2n) is 9.57. The van der Waals surface area contributed by atoms with E-state index < -0.39 is 0 Å². The highest BCUT2D eigenvalue weighted by Gasteiger charge is 2.25. The van der Waals surface area contributed by atoms with E-state index in [1.54, 1.807) is 19.3 Å². The first-order chi connectivity index (χ1) is 19.9. The monoisotopic (exact) mass is 554 g/mol. The van der Waals surface area contributed by atoms with Crippen LogP contribution in [0.1, 0.15) is 62.3 Å². The second-order valence-corrected chi connectivity index (χ2v) is 9.57. The van der Waals surface area contributed by atoms with Gasteiger partial charge in [0.25, 0.3) is 0 Å². The summed E-state index contributed by atoms with van der Waals surface area (Å²) in [5, 5.41) is 0.834. The molecule has 1 aliphatic rings. The van der Waals surface area contributed by atoms with Gasteiger partial charge in [-0.15, -0.1) is 0 Å². The number of Topliss-reactive ketones (excluding diaryl/α,β-unsaturated/α-hetero) is 1. The van der Waals surface area contributed by atoms with Crippen LogP contribution in [-0.2, 0) is 0 Å². The molecular weight excluding hydrogens is 515 g/mol. The van der Waals surface area contributed by atoms with Gasteiger partial charge in [-0.1, -0.05) is 71.2 Å². The van der Waals surface area contributed by atoms with Gasteiger partial charge in [0.15, 0.2) is 5.65 Å². The Hall–Kier alpha value is -4.46. The summed E-state index contributed by atoms with van der Waals surface area (Å²) in [4.78, 5) is 33.3. The van der Waals surface area contributed by atoms with Crippen molar-refractivity contribution in [3.05, 3.63) is 101 Å². The van der Waals surface area contributed by atoms with Crippen molar-refractivity contribution >= 4 is 34.0 Å². The Morgan fingerprint density at radius 2 is 1.66 bits per heavy atom. The quantitative estimate of drug-likeness (QED) is 0.225. The van der Waals surface area contributed by atoms with Crippen LogP contribution < -0.4 is 10.6 Å². The SMILES string of the molecule is C=C(C(=O)c1c[nH]c(=C(/CC)c2nc3ncccc3[nH]2)/c1=C(/F)CC)N1CCN(C(=C)c2ccccc2)CC1.CC. The molecule has 1 aromatic carbocycles. The molecule has 4 heterocycles. The number of carbonyl (C=O) groups excluding carboxylic acids is 1. The first-order valence-corrected chi connectivity index (χ1v) is 14.3. The third-order valence-electron chi connectivity index (χ3n) is 7.32. The molecule has 3 aromatic heterocycles. The standard InChI is InChI=1S/C31H33FN6O.C2H6/c1-5-23(30-35-26-13-10-14-33-31(26)36-30)28-27(25(32)6-2)24(19-34-28)29(39)21(4)38-17-15-37(16-18-38)20(3)22-11-8-7-9-12-22;1-2/h7-14,19,34H,3-6,15-18H2,1-2H3,(H,33,35,36);1-2H3/b27-25+,28-23-;. The molecule has 2 N–H and O–H groups in total. The Bertz CT molecular complexity index is 1630. The zero-order valence-electron chi connectivity index (χ0n) is 24.4. The van der Waals surface area contributed by atoms with E-state index in [9.17, 15) is 4.79 Å². The van der Waals surface area contributed by atoms with Crippen molar-refractivity contribution in [3.63, 3.8) is 0 Å². The molecule has 1 fully saturated rings. The molecule has 0 saturated carbocycles. The van der Waals surface area contributed by atoms with Gasteiger partial charge in [0.1, 0.15) is 11.7 Å². The van der Waals surface area contributed by atoms with Gasteiger partial charge in [-0.05, 0) is 30.5 Å². The number of nitrogens with zero attached hydrogens (tertiary/aromatic N) is 4. The van der Waals surface area contributed by atoms with Crippen molar-refractivity contribution in [1.82, 2.24) is 29.7 Å². The zero-order chi connectivity index (χ0) is 29.5. The van der Waals surface area contributed by atoms with Crippen LogP contribution in [0.3, 0.4) is 0 Å². The van der Waals surface area contributed by atoms with Crippen LogP contribution in [-0.4, -0.2) is 61.7 Å². The lowest BCUT2D eigenvalue weighted by atomic mass is 10.1. The summed E-state index contributed by atoms with van der Waals surface area (Å²) < 4.78 is 15.4. The summed E-state index contributed by atoms with van der Waals surface area (Å²) in [5.74, 6) is -0.0366. The average molecular weight is 555 g/mol. The van der Waals surface area contributed by atoms with Crippen molar-refractivity contribution in [3.8, 4) is 0 Å². The molecule has 214 valence electrons. The van der Waals surface area contributed by atoms with Gasteiger partial charge in [0, 0.05) is 55.1 Å². The highest BCUT2D eigenvalue weighted by molar-refractivity contribution is 6.08. The van der Waals surface area contributed by atoms with Gasteiger partial charge in [0.2, 0.25) is 5.78 Å². The molecule has 8 heteroatoms. The number of halogens is 1. The number of allylic oxidation sites excluding steroid dienone is 1. The molecule has 0 atom stereocenters. The fourth-order valence-electron chi connectivity index (χ4n) is 5.11. The van der Waals surface area contributed by atoms with Gasteiger partial charge in [-0.2, -0.15) is 0 Å². The molecule has 4 aromatic rings. The van der Waals surface area contributed by atoms with Crippen LogP contribution in [0.5, 0.6) is 0 Å². The Balaban J connectivity index is 0.00000189. The number of hydrogen-bond donors (Lipinski definition) is 2. The smallest absolute Gasteiger partial charge is 0.210 e. The summed E-state index contributed by atoms with van der Waals surface area (Å²) in [7, 11) is 0. The molecule has 7 nitrogen and oxygen atoms in total. The maximum Gasteiger partial charge on any atom is 0.210 e. The average Bonchev–Trinajstić information content (AvgIpc) is 3.66. The van der Waals surface area contributed by atoms with E-state index in [0.29, 0.717) is 55.1 Å². The van der Waals surface area contributed by atoms with E-state index in [1.807, 2.05) is 68.1 Å². The maximum absolute atomic E-state index is 15.4. The molecule has 0 radical (unpaired) electrons. The van der Waals surface area contributed by atoms with Crippen LogP contribution in [0.2, 0.25) is 0 Å². The number of imidazole rings is 1. The minimum atomic E-state index is -0.355. The Labute approximate surface area is 240 Å². The van der Waals surface area contributed by atoms with Crippen LogP contribution in [0.15, 0.2) is 73.7 Å².